The molecule has 1 aliphatic heterocycles. The fraction of sp³-hybridized carbons (Fsp3) is 0.190. The number of ether oxygens (including phenoxy) is 1. The quantitative estimate of drug-likeness (QED) is 0.557. The number of hydrogen-bond donors (Lipinski definition) is 1. The molecule has 0 aliphatic carbocycles. The van der Waals surface area contributed by atoms with Gasteiger partial charge in [0, 0.05) is 34.4 Å². The van der Waals surface area contributed by atoms with Crippen LogP contribution in [0.2, 0.25) is 0 Å². The summed E-state index contributed by atoms with van der Waals surface area (Å²) in [6.07, 6.45) is 3.23. The molecule has 130 valence electrons. The molecule has 5 heteroatoms. The topological polar surface area (TPSA) is 38.6 Å². The average Bonchev–Trinajstić information content (AvgIpc) is 3.34. The van der Waals surface area contributed by atoms with Crippen LogP contribution in [-0.2, 0) is 6.42 Å². The number of fused-ring (bicyclic) bond motifs is 2. The number of benzene rings is 2. The SMILES string of the molecule is COc1cccc(-c2c(C)sc3nc(-c4ccc5c(c4)CCN5)cn23)c1. The van der Waals surface area contributed by atoms with E-state index < -0.39 is 0 Å². The van der Waals surface area contributed by atoms with Crippen molar-refractivity contribution in [3.05, 3.63) is 59.1 Å². The van der Waals surface area contributed by atoms with Crippen LogP contribution in [0.4, 0.5) is 5.69 Å². The van der Waals surface area contributed by atoms with E-state index in [4.69, 9.17) is 9.72 Å². The number of thiazole rings is 1. The molecule has 0 atom stereocenters. The lowest BCUT2D eigenvalue weighted by Crippen LogP contribution is -1.90. The molecule has 1 N–H and O–H groups in total. The fourth-order valence-electron chi connectivity index (χ4n) is 3.67. The molecular formula is C21H19N3OS. The Balaban J connectivity index is 1.64. The summed E-state index contributed by atoms with van der Waals surface area (Å²) in [6, 6.07) is 14.8. The summed E-state index contributed by atoms with van der Waals surface area (Å²) >= 11 is 1.73. The van der Waals surface area contributed by atoms with Gasteiger partial charge in [-0.25, -0.2) is 4.98 Å². The molecule has 0 amide bonds. The highest BCUT2D eigenvalue weighted by Crippen LogP contribution is 2.35. The molecule has 2 aromatic carbocycles. The van der Waals surface area contributed by atoms with E-state index in [-0.39, 0.29) is 0 Å². The Morgan fingerprint density at radius 1 is 1.15 bits per heavy atom. The van der Waals surface area contributed by atoms with E-state index in [1.807, 2.05) is 12.1 Å². The molecule has 4 nitrogen and oxygen atoms in total. The van der Waals surface area contributed by atoms with Gasteiger partial charge in [-0.3, -0.25) is 4.40 Å². The maximum Gasteiger partial charge on any atom is 0.194 e. The van der Waals surface area contributed by atoms with E-state index in [9.17, 15) is 0 Å². The largest absolute Gasteiger partial charge is 0.497 e. The highest BCUT2D eigenvalue weighted by molar-refractivity contribution is 7.17. The molecule has 0 spiro atoms. The molecular weight excluding hydrogens is 342 g/mol. The Morgan fingerprint density at radius 3 is 2.96 bits per heavy atom. The molecule has 0 bridgehead atoms. The van der Waals surface area contributed by atoms with Gasteiger partial charge in [0.25, 0.3) is 0 Å². The second kappa shape index (κ2) is 5.88. The third-order valence-electron chi connectivity index (χ3n) is 4.95. The van der Waals surface area contributed by atoms with Gasteiger partial charge >= 0.3 is 0 Å². The van der Waals surface area contributed by atoms with Crippen molar-refractivity contribution >= 4 is 22.0 Å². The zero-order valence-electron chi connectivity index (χ0n) is 14.7. The number of nitrogens with one attached hydrogen (secondary N) is 1. The van der Waals surface area contributed by atoms with Crippen molar-refractivity contribution in [3.63, 3.8) is 0 Å². The zero-order chi connectivity index (χ0) is 17.7. The number of anilines is 1. The van der Waals surface area contributed by atoms with Crippen molar-refractivity contribution in [1.82, 2.24) is 9.38 Å². The predicted molar refractivity (Wildman–Crippen MR) is 107 cm³/mol. The van der Waals surface area contributed by atoms with Gasteiger partial charge in [-0.2, -0.15) is 0 Å². The van der Waals surface area contributed by atoms with Crippen molar-refractivity contribution < 1.29 is 4.74 Å². The summed E-state index contributed by atoms with van der Waals surface area (Å²) in [5, 5.41) is 3.41. The first-order valence-electron chi connectivity index (χ1n) is 8.73. The lowest BCUT2D eigenvalue weighted by molar-refractivity contribution is 0.415. The second-order valence-electron chi connectivity index (χ2n) is 6.57. The van der Waals surface area contributed by atoms with Gasteiger partial charge in [-0.15, -0.1) is 11.3 Å². The fourth-order valence-corrected chi connectivity index (χ4v) is 4.64. The van der Waals surface area contributed by atoms with Crippen molar-refractivity contribution in [2.75, 3.05) is 19.0 Å². The smallest absolute Gasteiger partial charge is 0.194 e. The Hall–Kier alpha value is -2.79. The molecule has 0 unspecified atom stereocenters. The van der Waals surface area contributed by atoms with Crippen LogP contribution < -0.4 is 10.1 Å². The van der Waals surface area contributed by atoms with Crippen LogP contribution in [-0.4, -0.2) is 23.0 Å². The van der Waals surface area contributed by atoms with Crippen molar-refractivity contribution in [3.8, 4) is 28.3 Å². The van der Waals surface area contributed by atoms with E-state index in [0.29, 0.717) is 0 Å². The van der Waals surface area contributed by atoms with Crippen molar-refractivity contribution in [2.24, 2.45) is 0 Å². The van der Waals surface area contributed by atoms with Crippen molar-refractivity contribution in [1.29, 1.82) is 0 Å². The molecule has 26 heavy (non-hydrogen) atoms. The Morgan fingerprint density at radius 2 is 2.08 bits per heavy atom. The normalized spacial score (nSPS) is 13.0. The maximum atomic E-state index is 5.39. The van der Waals surface area contributed by atoms with Crippen LogP contribution in [0.5, 0.6) is 5.75 Å². The van der Waals surface area contributed by atoms with Crippen LogP contribution >= 0.6 is 11.3 Å². The summed E-state index contributed by atoms with van der Waals surface area (Å²) < 4.78 is 7.60. The van der Waals surface area contributed by atoms with E-state index in [1.54, 1.807) is 18.4 Å². The number of methoxy groups -OCH3 is 1. The Kier molecular flexibility index (Phi) is 3.50. The molecule has 0 radical (unpaired) electrons. The van der Waals surface area contributed by atoms with Crippen LogP contribution in [0.3, 0.4) is 0 Å². The Labute approximate surface area is 156 Å². The van der Waals surface area contributed by atoms with Crippen molar-refractivity contribution in [2.45, 2.75) is 13.3 Å². The molecule has 5 rings (SSSR count). The lowest BCUT2D eigenvalue weighted by Gasteiger charge is -2.05. The molecule has 1 aliphatic rings. The van der Waals surface area contributed by atoms with Crippen LogP contribution in [0.1, 0.15) is 10.4 Å². The number of imidazole rings is 1. The third-order valence-corrected chi connectivity index (χ3v) is 5.92. The monoisotopic (exact) mass is 361 g/mol. The van der Waals surface area contributed by atoms with E-state index in [2.05, 4.69) is 53.2 Å². The lowest BCUT2D eigenvalue weighted by atomic mass is 10.1. The summed E-state index contributed by atoms with van der Waals surface area (Å²) in [5.41, 5.74) is 7.17. The van der Waals surface area contributed by atoms with Gasteiger partial charge < -0.3 is 10.1 Å². The zero-order valence-corrected chi connectivity index (χ0v) is 15.6. The predicted octanol–water partition coefficient (Wildman–Crippen LogP) is 5.01. The molecule has 0 saturated carbocycles. The number of rotatable bonds is 3. The minimum atomic E-state index is 0.868. The first-order chi connectivity index (χ1) is 12.7. The summed E-state index contributed by atoms with van der Waals surface area (Å²) in [6.45, 7) is 3.17. The minimum Gasteiger partial charge on any atom is -0.497 e. The summed E-state index contributed by atoms with van der Waals surface area (Å²) in [4.78, 5) is 7.17. The first kappa shape index (κ1) is 15.5. The minimum absolute atomic E-state index is 0.868. The highest BCUT2D eigenvalue weighted by atomic mass is 32.1. The number of aryl methyl sites for hydroxylation is 1. The van der Waals surface area contributed by atoms with Gasteiger partial charge in [-0.1, -0.05) is 18.2 Å². The molecule has 3 heterocycles. The third kappa shape index (κ3) is 2.39. The van der Waals surface area contributed by atoms with E-state index >= 15 is 0 Å². The van der Waals surface area contributed by atoms with Gasteiger partial charge in [-0.05, 0) is 43.2 Å². The van der Waals surface area contributed by atoms with E-state index in [1.165, 1.54) is 27.4 Å². The number of hydrogen-bond acceptors (Lipinski definition) is 4. The second-order valence-corrected chi connectivity index (χ2v) is 7.75. The molecule has 4 aromatic rings. The number of aromatic nitrogens is 2. The van der Waals surface area contributed by atoms with Gasteiger partial charge in [0.2, 0.25) is 0 Å². The van der Waals surface area contributed by atoms with Gasteiger partial charge in [0.1, 0.15) is 5.75 Å². The Bertz CT molecular complexity index is 1130. The molecule has 2 aromatic heterocycles. The average molecular weight is 361 g/mol. The summed E-state index contributed by atoms with van der Waals surface area (Å²) in [5.74, 6) is 0.868. The highest BCUT2D eigenvalue weighted by Gasteiger charge is 2.17. The maximum absolute atomic E-state index is 5.39. The first-order valence-corrected chi connectivity index (χ1v) is 9.54. The van der Waals surface area contributed by atoms with Gasteiger partial charge in [0.15, 0.2) is 4.96 Å². The van der Waals surface area contributed by atoms with E-state index in [0.717, 1.165) is 34.9 Å². The molecule has 0 saturated heterocycles. The van der Waals surface area contributed by atoms with Crippen LogP contribution in [0.25, 0.3) is 27.5 Å². The standard InChI is InChI=1S/C21H19N3OS/c1-13-20(16-4-3-5-17(11-16)25-2)24-12-19(23-21(24)26-13)14-6-7-18-15(10-14)8-9-22-18/h3-7,10-12,22H,8-9H2,1-2H3. The number of nitrogens with zero attached hydrogens (tertiary/aromatic N) is 2. The molecule has 0 fully saturated rings. The summed E-state index contributed by atoms with van der Waals surface area (Å²) in [7, 11) is 1.70. The van der Waals surface area contributed by atoms with Gasteiger partial charge in [0.05, 0.1) is 18.5 Å². The van der Waals surface area contributed by atoms with Crippen LogP contribution in [0, 0.1) is 6.92 Å². The van der Waals surface area contributed by atoms with Crippen LogP contribution in [0.15, 0.2) is 48.7 Å².